The van der Waals surface area contributed by atoms with Crippen molar-refractivity contribution in [2.75, 3.05) is 13.2 Å². The molecule has 0 spiro atoms. The molecule has 0 saturated heterocycles. The summed E-state index contributed by atoms with van der Waals surface area (Å²) in [6.07, 6.45) is 2.96. The quantitative estimate of drug-likeness (QED) is 0.632. The number of amides is 1. The molecule has 0 aromatic carbocycles. The summed E-state index contributed by atoms with van der Waals surface area (Å²) >= 11 is 0. The molecular weight excluding hydrogens is 158 g/mol. The topological polar surface area (TPSA) is 49.8 Å². The zero-order chi connectivity index (χ0) is 8.97. The van der Waals surface area contributed by atoms with E-state index in [1.165, 1.54) is 4.90 Å². The molecule has 68 valence electrons. The van der Waals surface area contributed by atoms with Crippen molar-refractivity contribution in [3.63, 3.8) is 0 Å². The first-order valence-corrected chi connectivity index (χ1v) is 4.04. The molecule has 1 amide bonds. The second-order valence-corrected chi connectivity index (χ2v) is 2.59. The Kier molecular flexibility index (Phi) is 3.10. The summed E-state index contributed by atoms with van der Waals surface area (Å²) in [5, 5.41) is 9.07. The summed E-state index contributed by atoms with van der Waals surface area (Å²) in [5.74, 6) is 0. The molecule has 0 aromatic rings. The van der Waals surface area contributed by atoms with E-state index in [1.807, 2.05) is 0 Å². The van der Waals surface area contributed by atoms with Gasteiger partial charge in [-0.25, -0.2) is 4.79 Å². The van der Waals surface area contributed by atoms with Gasteiger partial charge in [-0.15, -0.1) is 0 Å². The first kappa shape index (κ1) is 9.06. The maximum Gasteiger partial charge on any atom is 0.413 e. The number of carbonyl (C=O) groups excluding carboxylic acids is 1. The van der Waals surface area contributed by atoms with Crippen LogP contribution >= 0.6 is 0 Å². The van der Waals surface area contributed by atoms with Gasteiger partial charge >= 0.3 is 6.09 Å². The number of hydrogen-bond acceptors (Lipinski definition) is 3. The summed E-state index contributed by atoms with van der Waals surface area (Å²) in [6.45, 7) is 2.67. The van der Waals surface area contributed by atoms with Crippen LogP contribution in [-0.4, -0.2) is 35.4 Å². The van der Waals surface area contributed by atoms with Crippen LogP contribution in [0.3, 0.4) is 0 Å². The van der Waals surface area contributed by atoms with Crippen molar-refractivity contribution in [3.8, 4) is 0 Å². The minimum absolute atomic E-state index is 0.347. The third-order valence-corrected chi connectivity index (χ3v) is 1.66. The number of aliphatic hydroxyl groups excluding tert-OH is 1. The summed E-state index contributed by atoms with van der Waals surface area (Å²) in [7, 11) is 0. The molecule has 1 aliphatic rings. The van der Waals surface area contributed by atoms with Gasteiger partial charge in [-0.3, -0.25) is 4.90 Å². The average molecular weight is 171 g/mol. The number of hydrogen-bond donors (Lipinski definition) is 1. The van der Waals surface area contributed by atoms with Gasteiger partial charge in [0.25, 0.3) is 0 Å². The number of carbonyl (C=O) groups is 1. The standard InChI is InChI=1S/C8H13NO3/c1-2-12-8(11)9-5-3-7(10)4-6-9/h3,5,7,10H,2,4,6H2,1H3/t7-/m1/s1. The average Bonchev–Trinajstić information content (AvgIpc) is 2.06. The molecule has 1 aliphatic heterocycles. The fourth-order valence-corrected chi connectivity index (χ4v) is 1.00. The smallest absolute Gasteiger partial charge is 0.413 e. The van der Waals surface area contributed by atoms with E-state index in [1.54, 1.807) is 19.2 Å². The molecule has 1 rings (SSSR count). The summed E-state index contributed by atoms with van der Waals surface area (Å²) in [4.78, 5) is 12.5. The van der Waals surface area contributed by atoms with Crippen molar-refractivity contribution >= 4 is 6.09 Å². The molecular formula is C8H13NO3. The van der Waals surface area contributed by atoms with Crippen LogP contribution in [0.2, 0.25) is 0 Å². The van der Waals surface area contributed by atoms with E-state index in [2.05, 4.69) is 0 Å². The van der Waals surface area contributed by atoms with Gasteiger partial charge in [-0.05, 0) is 19.4 Å². The lowest BCUT2D eigenvalue weighted by Crippen LogP contribution is -2.32. The molecule has 1 atom stereocenters. The van der Waals surface area contributed by atoms with Crippen LogP contribution in [0.15, 0.2) is 12.3 Å². The Bertz CT molecular complexity index is 191. The third kappa shape index (κ3) is 2.23. The van der Waals surface area contributed by atoms with Gasteiger partial charge in [0.05, 0.1) is 12.7 Å². The maximum absolute atomic E-state index is 11.1. The SMILES string of the molecule is CCOC(=O)N1C=C[C@@H](O)CC1. The summed E-state index contributed by atoms with van der Waals surface area (Å²) in [6, 6.07) is 0. The van der Waals surface area contributed by atoms with Gasteiger partial charge in [0.1, 0.15) is 0 Å². The lowest BCUT2D eigenvalue weighted by atomic mass is 10.2. The zero-order valence-corrected chi connectivity index (χ0v) is 7.06. The lowest BCUT2D eigenvalue weighted by molar-refractivity contribution is 0.110. The number of ether oxygens (including phenoxy) is 1. The van der Waals surface area contributed by atoms with Crippen LogP contribution in [-0.2, 0) is 4.74 Å². The molecule has 0 fully saturated rings. The summed E-state index contributed by atoms with van der Waals surface area (Å²) < 4.78 is 4.77. The fraction of sp³-hybridized carbons (Fsp3) is 0.625. The molecule has 0 aliphatic carbocycles. The van der Waals surface area contributed by atoms with E-state index in [4.69, 9.17) is 9.84 Å². The monoisotopic (exact) mass is 171 g/mol. The highest BCUT2D eigenvalue weighted by molar-refractivity contribution is 5.69. The maximum atomic E-state index is 11.1. The molecule has 0 bridgehead atoms. The predicted octanol–water partition coefficient (Wildman–Crippen LogP) is 0.723. The van der Waals surface area contributed by atoms with E-state index in [0.717, 1.165) is 0 Å². The molecule has 1 heterocycles. The van der Waals surface area contributed by atoms with Crippen LogP contribution < -0.4 is 0 Å². The van der Waals surface area contributed by atoms with Crippen molar-refractivity contribution in [3.05, 3.63) is 12.3 Å². The Balaban J connectivity index is 2.43. The molecule has 0 radical (unpaired) electrons. The van der Waals surface area contributed by atoms with Gasteiger partial charge in [0, 0.05) is 12.7 Å². The number of nitrogens with zero attached hydrogens (tertiary/aromatic N) is 1. The summed E-state index contributed by atoms with van der Waals surface area (Å²) in [5.41, 5.74) is 0. The van der Waals surface area contributed by atoms with Crippen LogP contribution in [0.5, 0.6) is 0 Å². The van der Waals surface area contributed by atoms with E-state index in [0.29, 0.717) is 19.6 Å². The fourth-order valence-electron chi connectivity index (χ4n) is 1.00. The Hall–Kier alpha value is -1.03. The van der Waals surface area contributed by atoms with Gasteiger partial charge in [-0.2, -0.15) is 0 Å². The second-order valence-electron chi connectivity index (χ2n) is 2.59. The van der Waals surface area contributed by atoms with Crippen molar-refractivity contribution in [1.29, 1.82) is 0 Å². The van der Waals surface area contributed by atoms with Crippen LogP contribution in [0.4, 0.5) is 4.79 Å². The highest BCUT2D eigenvalue weighted by atomic mass is 16.6. The Labute approximate surface area is 71.4 Å². The highest BCUT2D eigenvalue weighted by Crippen LogP contribution is 2.07. The van der Waals surface area contributed by atoms with E-state index >= 15 is 0 Å². The van der Waals surface area contributed by atoms with Crippen LogP contribution in [0.25, 0.3) is 0 Å². The first-order chi connectivity index (χ1) is 5.74. The minimum atomic E-state index is -0.421. The van der Waals surface area contributed by atoms with Gasteiger partial charge in [0.15, 0.2) is 0 Å². The van der Waals surface area contributed by atoms with E-state index < -0.39 is 6.10 Å². The second kappa shape index (κ2) is 4.11. The first-order valence-electron chi connectivity index (χ1n) is 4.04. The third-order valence-electron chi connectivity index (χ3n) is 1.66. The Morgan fingerprint density at radius 1 is 1.83 bits per heavy atom. The van der Waals surface area contributed by atoms with Crippen molar-refractivity contribution in [1.82, 2.24) is 4.90 Å². The van der Waals surface area contributed by atoms with Crippen LogP contribution in [0, 0.1) is 0 Å². The van der Waals surface area contributed by atoms with Crippen molar-refractivity contribution in [2.45, 2.75) is 19.4 Å². The molecule has 12 heavy (non-hydrogen) atoms. The van der Waals surface area contributed by atoms with E-state index in [-0.39, 0.29) is 6.09 Å². The molecule has 0 saturated carbocycles. The van der Waals surface area contributed by atoms with Gasteiger partial charge in [0.2, 0.25) is 0 Å². The van der Waals surface area contributed by atoms with Crippen LogP contribution in [0.1, 0.15) is 13.3 Å². The molecule has 0 aromatic heterocycles. The normalized spacial score (nSPS) is 22.5. The minimum Gasteiger partial charge on any atom is -0.449 e. The lowest BCUT2D eigenvalue weighted by Gasteiger charge is -2.22. The van der Waals surface area contributed by atoms with Crippen molar-refractivity contribution in [2.24, 2.45) is 0 Å². The molecule has 1 N–H and O–H groups in total. The van der Waals surface area contributed by atoms with Gasteiger partial charge in [-0.1, -0.05) is 0 Å². The Morgan fingerprint density at radius 3 is 3.08 bits per heavy atom. The van der Waals surface area contributed by atoms with Gasteiger partial charge < -0.3 is 9.84 Å². The number of rotatable bonds is 1. The largest absolute Gasteiger partial charge is 0.449 e. The highest BCUT2D eigenvalue weighted by Gasteiger charge is 2.16. The molecule has 0 unspecified atom stereocenters. The van der Waals surface area contributed by atoms with Crippen molar-refractivity contribution < 1.29 is 14.6 Å². The zero-order valence-electron chi connectivity index (χ0n) is 7.06. The molecule has 4 nitrogen and oxygen atoms in total. The number of aliphatic hydroxyl groups is 1. The molecule has 4 heteroatoms. The predicted molar refractivity (Wildman–Crippen MR) is 43.5 cm³/mol. The Morgan fingerprint density at radius 2 is 2.58 bits per heavy atom. The van der Waals surface area contributed by atoms with E-state index in [9.17, 15) is 4.79 Å².